The zero-order valence-electron chi connectivity index (χ0n) is 24.9. The summed E-state index contributed by atoms with van der Waals surface area (Å²) in [5, 5.41) is 10.1. The number of unbranched alkanes of at least 4 members (excludes halogenated alkanes) is 2. The average molecular weight is 616 g/mol. The third-order valence-corrected chi connectivity index (χ3v) is 6.63. The van der Waals surface area contributed by atoms with Gasteiger partial charge in [0.2, 0.25) is 11.8 Å². The predicted molar refractivity (Wildman–Crippen MR) is 159 cm³/mol. The molecule has 2 atom stereocenters. The molecular weight excluding hydrogens is 574 g/mol. The van der Waals surface area contributed by atoms with Gasteiger partial charge in [-0.05, 0) is 49.3 Å². The second kappa shape index (κ2) is 17.9. The first-order valence-corrected chi connectivity index (χ1v) is 14.4. The van der Waals surface area contributed by atoms with Crippen LogP contribution in [-0.4, -0.2) is 71.8 Å². The van der Waals surface area contributed by atoms with Crippen molar-refractivity contribution < 1.29 is 38.3 Å². The summed E-state index contributed by atoms with van der Waals surface area (Å²) >= 11 is 0. The van der Waals surface area contributed by atoms with Crippen LogP contribution in [0.5, 0.6) is 0 Å². The summed E-state index contributed by atoms with van der Waals surface area (Å²) in [5.41, 5.74) is 12.0. The van der Waals surface area contributed by atoms with Gasteiger partial charge in [0.25, 0.3) is 11.8 Å². The van der Waals surface area contributed by atoms with E-state index in [9.17, 15) is 33.6 Å². The summed E-state index contributed by atoms with van der Waals surface area (Å²) in [5.74, 6) is -3.13. The Balaban J connectivity index is 1.90. The van der Waals surface area contributed by atoms with E-state index < -0.39 is 36.1 Å². The van der Waals surface area contributed by atoms with Gasteiger partial charge in [0.15, 0.2) is 0 Å². The molecule has 15 heteroatoms. The summed E-state index contributed by atoms with van der Waals surface area (Å²) in [6.07, 6.45) is 3.32. The van der Waals surface area contributed by atoms with E-state index in [1.54, 1.807) is 38.1 Å². The zero-order chi connectivity index (χ0) is 32.6. The lowest BCUT2D eigenvalue weighted by Gasteiger charge is -2.25. The molecule has 0 aromatic heterocycles. The van der Waals surface area contributed by atoms with Crippen LogP contribution in [0, 0.1) is 5.92 Å². The van der Waals surface area contributed by atoms with Crippen molar-refractivity contribution in [3.63, 3.8) is 0 Å². The molecule has 44 heavy (non-hydrogen) atoms. The zero-order valence-corrected chi connectivity index (χ0v) is 24.9. The van der Waals surface area contributed by atoms with Gasteiger partial charge >= 0.3 is 18.1 Å². The monoisotopic (exact) mass is 615 g/mol. The molecule has 0 aliphatic carbocycles. The van der Waals surface area contributed by atoms with Crippen LogP contribution in [0.1, 0.15) is 57.9 Å². The van der Waals surface area contributed by atoms with Crippen molar-refractivity contribution in [2.24, 2.45) is 11.7 Å². The summed E-state index contributed by atoms with van der Waals surface area (Å²) in [6, 6.07) is 3.70. The van der Waals surface area contributed by atoms with Crippen LogP contribution in [0.15, 0.2) is 36.4 Å². The van der Waals surface area contributed by atoms with Crippen LogP contribution in [0.4, 0.5) is 15.3 Å². The number of primary amides is 1. The fourth-order valence-corrected chi connectivity index (χ4v) is 4.20. The van der Waals surface area contributed by atoms with Crippen molar-refractivity contribution in [1.29, 1.82) is 0 Å². The van der Waals surface area contributed by atoms with E-state index in [-0.39, 0.29) is 62.5 Å². The standard InChI is InChI=1S/C29H41N7O8/c1-18(2)25(35-22(37)8-4-3-5-16-36-23(38)13-14-24(36)39)26(40)34-21(7-6-15-32-28(31)42)27(41)44-29(43)33-17-19-9-11-20(30)12-10-19/h9-14,18,21,25H,3-8,15-17,30H2,1-2H3,(H,33,43)(H,34,40)(H,35,37)(H3,31,32,42)/t21-,25-/m0/s1. The Morgan fingerprint density at radius 3 is 2.16 bits per heavy atom. The lowest BCUT2D eigenvalue weighted by molar-refractivity contribution is -0.143. The molecule has 0 bridgehead atoms. The number of urea groups is 1. The third-order valence-electron chi connectivity index (χ3n) is 6.63. The van der Waals surface area contributed by atoms with Gasteiger partial charge in [0, 0.05) is 43.9 Å². The Morgan fingerprint density at radius 1 is 0.886 bits per heavy atom. The quantitative estimate of drug-likeness (QED) is 0.0472. The molecule has 0 radical (unpaired) electrons. The molecule has 2 rings (SSSR count). The molecule has 1 aromatic carbocycles. The molecule has 0 fully saturated rings. The van der Waals surface area contributed by atoms with Crippen molar-refractivity contribution in [3.05, 3.63) is 42.0 Å². The molecule has 0 saturated carbocycles. The van der Waals surface area contributed by atoms with Gasteiger partial charge in [-0.25, -0.2) is 14.4 Å². The number of esters is 1. The highest BCUT2D eigenvalue weighted by atomic mass is 16.6. The maximum absolute atomic E-state index is 13.2. The Morgan fingerprint density at radius 2 is 1.55 bits per heavy atom. The third kappa shape index (κ3) is 12.5. The van der Waals surface area contributed by atoms with Crippen LogP contribution in [-0.2, 0) is 35.3 Å². The van der Waals surface area contributed by atoms with E-state index in [0.29, 0.717) is 24.9 Å². The number of hydrogen-bond acceptors (Lipinski definition) is 9. The Kier molecular flexibility index (Phi) is 14.3. The Bertz CT molecular complexity index is 1210. The van der Waals surface area contributed by atoms with Crippen LogP contribution < -0.4 is 32.7 Å². The van der Waals surface area contributed by atoms with Crippen LogP contribution in [0.25, 0.3) is 0 Å². The maximum atomic E-state index is 13.2. The highest BCUT2D eigenvalue weighted by Crippen LogP contribution is 2.10. The number of nitrogens with one attached hydrogen (secondary N) is 4. The Labute approximate surface area is 255 Å². The SMILES string of the molecule is CC(C)[C@H](NC(=O)CCCCCN1C(=O)C=CC1=O)C(=O)N[C@@H](CCCNC(N)=O)C(=O)OC(=O)NCc1ccc(N)cc1. The first-order valence-electron chi connectivity index (χ1n) is 14.4. The van der Waals surface area contributed by atoms with Crippen molar-refractivity contribution in [3.8, 4) is 0 Å². The summed E-state index contributed by atoms with van der Waals surface area (Å²) in [6.45, 7) is 3.88. The largest absolute Gasteiger partial charge is 0.415 e. The first-order chi connectivity index (χ1) is 20.9. The van der Waals surface area contributed by atoms with E-state index in [2.05, 4.69) is 21.3 Å². The van der Waals surface area contributed by atoms with Gasteiger partial charge in [-0.1, -0.05) is 32.4 Å². The molecule has 0 saturated heterocycles. The molecular formula is C29H41N7O8. The van der Waals surface area contributed by atoms with Gasteiger partial charge < -0.3 is 37.5 Å². The molecule has 0 unspecified atom stereocenters. The number of imide groups is 1. The molecule has 8 N–H and O–H groups in total. The number of nitrogen functional groups attached to an aromatic ring is 1. The van der Waals surface area contributed by atoms with Crippen molar-refractivity contribution >= 4 is 47.4 Å². The molecule has 1 aromatic rings. The van der Waals surface area contributed by atoms with Gasteiger partial charge in [0.05, 0.1) is 0 Å². The number of nitrogens with two attached hydrogens (primary N) is 2. The van der Waals surface area contributed by atoms with Gasteiger partial charge in [-0.15, -0.1) is 0 Å². The number of amides is 7. The molecule has 0 spiro atoms. The van der Waals surface area contributed by atoms with Crippen LogP contribution in [0.2, 0.25) is 0 Å². The molecule has 15 nitrogen and oxygen atoms in total. The molecule has 1 aliphatic heterocycles. The van der Waals surface area contributed by atoms with E-state index in [1.807, 2.05) is 0 Å². The molecule has 1 heterocycles. The number of nitrogens with zero attached hydrogens (tertiary/aromatic N) is 1. The van der Waals surface area contributed by atoms with E-state index in [4.69, 9.17) is 16.2 Å². The van der Waals surface area contributed by atoms with Gasteiger partial charge in [-0.2, -0.15) is 0 Å². The maximum Gasteiger partial charge on any atom is 0.415 e. The molecule has 240 valence electrons. The summed E-state index contributed by atoms with van der Waals surface area (Å²) in [4.78, 5) is 86.3. The van der Waals surface area contributed by atoms with E-state index >= 15 is 0 Å². The van der Waals surface area contributed by atoms with E-state index in [1.165, 1.54) is 12.2 Å². The first kappa shape index (κ1) is 35.2. The second-order valence-corrected chi connectivity index (χ2v) is 10.6. The van der Waals surface area contributed by atoms with Gasteiger partial charge in [-0.3, -0.25) is 24.1 Å². The lowest BCUT2D eigenvalue weighted by atomic mass is 10.0. The normalized spacial score (nSPS) is 13.8. The number of ether oxygens (including phenoxy) is 1. The van der Waals surface area contributed by atoms with Crippen molar-refractivity contribution in [1.82, 2.24) is 26.2 Å². The van der Waals surface area contributed by atoms with E-state index in [0.717, 1.165) is 10.5 Å². The highest BCUT2D eigenvalue weighted by molar-refractivity contribution is 6.12. The minimum absolute atomic E-state index is 0.00635. The minimum atomic E-state index is -1.26. The van der Waals surface area contributed by atoms with Gasteiger partial charge in [0.1, 0.15) is 12.1 Å². The van der Waals surface area contributed by atoms with Crippen molar-refractivity contribution in [2.75, 3.05) is 18.8 Å². The number of hydrogen-bond donors (Lipinski definition) is 6. The lowest BCUT2D eigenvalue weighted by Crippen LogP contribution is -2.54. The van der Waals surface area contributed by atoms with Crippen LogP contribution in [0.3, 0.4) is 0 Å². The summed E-state index contributed by atoms with van der Waals surface area (Å²) in [7, 11) is 0. The number of anilines is 1. The number of carbonyl (C=O) groups is 7. The number of alkyl carbamates (subject to hydrolysis) is 1. The smallest absolute Gasteiger partial charge is 0.399 e. The number of carbonyl (C=O) groups excluding carboxylic acids is 7. The highest BCUT2D eigenvalue weighted by Gasteiger charge is 2.30. The average Bonchev–Trinajstić information content (AvgIpc) is 3.28. The van der Waals surface area contributed by atoms with Crippen LogP contribution >= 0.6 is 0 Å². The molecule has 7 amide bonds. The second-order valence-electron chi connectivity index (χ2n) is 10.6. The fraction of sp³-hybridized carbons (Fsp3) is 0.483. The topological polar surface area (TPSA) is 232 Å². The summed E-state index contributed by atoms with van der Waals surface area (Å²) < 4.78 is 4.91. The number of rotatable bonds is 17. The number of benzene rings is 1. The molecule has 1 aliphatic rings. The minimum Gasteiger partial charge on any atom is -0.399 e. The Hall–Kier alpha value is -4.95. The fourth-order valence-electron chi connectivity index (χ4n) is 4.20. The predicted octanol–water partition coefficient (Wildman–Crippen LogP) is 0.581. The van der Waals surface area contributed by atoms with Crippen molar-refractivity contribution in [2.45, 2.75) is 71.0 Å².